The zero-order valence-corrected chi connectivity index (χ0v) is 14.2. The molecular weight excluding hydrogens is 316 g/mol. The lowest BCUT2D eigenvalue weighted by molar-refractivity contribution is -0.152. The molecular formula is C21H20O4. The van der Waals surface area contributed by atoms with Gasteiger partial charge in [0.2, 0.25) is 0 Å². The van der Waals surface area contributed by atoms with Crippen LogP contribution in [0.5, 0.6) is 0 Å². The first-order chi connectivity index (χ1) is 12.1. The van der Waals surface area contributed by atoms with Crippen molar-refractivity contribution in [2.24, 2.45) is 5.92 Å². The Bertz CT molecular complexity index is 843. The number of rotatable bonds is 3. The van der Waals surface area contributed by atoms with E-state index in [0.29, 0.717) is 17.9 Å². The predicted molar refractivity (Wildman–Crippen MR) is 90.8 cm³/mol. The van der Waals surface area contributed by atoms with Gasteiger partial charge < -0.3 is 9.47 Å². The maximum Gasteiger partial charge on any atom is 0.336 e. The molecule has 2 fully saturated rings. The Morgan fingerprint density at radius 2 is 2.00 bits per heavy atom. The van der Waals surface area contributed by atoms with Gasteiger partial charge in [-0.25, -0.2) is 4.79 Å². The van der Waals surface area contributed by atoms with Crippen LogP contribution in [0, 0.1) is 5.92 Å². The molecule has 0 aromatic heterocycles. The lowest BCUT2D eigenvalue weighted by Gasteiger charge is -2.14. The average Bonchev–Trinajstić information content (AvgIpc) is 3.22. The van der Waals surface area contributed by atoms with E-state index < -0.39 is 6.29 Å². The van der Waals surface area contributed by atoms with Crippen LogP contribution in [-0.4, -0.2) is 18.0 Å². The number of ketones is 1. The van der Waals surface area contributed by atoms with Crippen molar-refractivity contribution in [1.82, 2.24) is 0 Å². The monoisotopic (exact) mass is 336 g/mol. The molecule has 0 amide bonds. The summed E-state index contributed by atoms with van der Waals surface area (Å²) in [6.45, 7) is 1.70. The normalized spacial score (nSPS) is 31.8. The molecule has 1 aromatic rings. The summed E-state index contributed by atoms with van der Waals surface area (Å²) in [6, 6.07) is 6.60. The highest BCUT2D eigenvalue weighted by atomic mass is 16.7. The molecule has 4 nitrogen and oxygen atoms in total. The second kappa shape index (κ2) is 5.32. The zero-order chi connectivity index (χ0) is 17.1. The fraction of sp³-hybridized carbons (Fsp3) is 0.429. The van der Waals surface area contributed by atoms with Crippen LogP contribution < -0.4 is 0 Å². The molecule has 0 radical (unpaired) electrons. The first kappa shape index (κ1) is 14.9. The summed E-state index contributed by atoms with van der Waals surface area (Å²) in [4.78, 5) is 24.0. The Morgan fingerprint density at radius 1 is 1.16 bits per heavy atom. The van der Waals surface area contributed by atoms with Crippen molar-refractivity contribution in [3.05, 3.63) is 58.4 Å². The Hall–Kier alpha value is -2.36. The van der Waals surface area contributed by atoms with Gasteiger partial charge in [-0.1, -0.05) is 18.2 Å². The Labute approximate surface area is 146 Å². The van der Waals surface area contributed by atoms with Crippen LogP contribution >= 0.6 is 0 Å². The third kappa shape index (κ3) is 2.35. The number of hydrogen-bond donors (Lipinski definition) is 0. The molecule has 0 N–H and O–H groups in total. The molecule has 0 saturated heterocycles. The second-order valence-corrected chi connectivity index (χ2v) is 7.57. The van der Waals surface area contributed by atoms with Gasteiger partial charge in [0.1, 0.15) is 0 Å². The van der Waals surface area contributed by atoms with Gasteiger partial charge in [-0.15, -0.1) is 0 Å². The van der Waals surface area contributed by atoms with Crippen molar-refractivity contribution in [3.63, 3.8) is 0 Å². The molecule has 0 bridgehead atoms. The summed E-state index contributed by atoms with van der Waals surface area (Å²) >= 11 is 0. The second-order valence-electron chi connectivity index (χ2n) is 7.57. The summed E-state index contributed by atoms with van der Waals surface area (Å²) in [7, 11) is 0. The number of benzene rings is 1. The first-order valence-corrected chi connectivity index (χ1v) is 9.01. The van der Waals surface area contributed by atoms with Crippen LogP contribution in [0.1, 0.15) is 54.7 Å². The minimum Gasteiger partial charge on any atom is -0.458 e. The van der Waals surface area contributed by atoms with Crippen LogP contribution in [0.25, 0.3) is 0 Å². The molecule has 4 aliphatic rings. The smallest absolute Gasteiger partial charge is 0.336 e. The summed E-state index contributed by atoms with van der Waals surface area (Å²) in [5, 5.41) is 0. The van der Waals surface area contributed by atoms with E-state index in [2.05, 4.69) is 18.2 Å². The van der Waals surface area contributed by atoms with E-state index in [-0.39, 0.29) is 23.6 Å². The Morgan fingerprint density at radius 3 is 2.72 bits per heavy atom. The quantitative estimate of drug-likeness (QED) is 0.481. The van der Waals surface area contributed by atoms with Gasteiger partial charge in [-0.2, -0.15) is 0 Å². The molecule has 0 unspecified atom stereocenters. The van der Waals surface area contributed by atoms with Crippen LogP contribution in [0.4, 0.5) is 0 Å². The highest BCUT2D eigenvalue weighted by Gasteiger charge is 2.46. The van der Waals surface area contributed by atoms with Gasteiger partial charge in [0.15, 0.2) is 5.78 Å². The van der Waals surface area contributed by atoms with E-state index >= 15 is 0 Å². The van der Waals surface area contributed by atoms with E-state index in [4.69, 9.17) is 9.47 Å². The number of allylic oxidation sites excluding steroid dienone is 1. The van der Waals surface area contributed by atoms with Gasteiger partial charge in [-0.05, 0) is 54.7 Å². The number of fused-ring (bicyclic) bond motifs is 3. The number of hydrogen-bond acceptors (Lipinski definition) is 4. The fourth-order valence-electron chi connectivity index (χ4n) is 4.55. The molecule has 3 aliphatic carbocycles. The van der Waals surface area contributed by atoms with Gasteiger partial charge in [0.05, 0.1) is 6.26 Å². The Balaban J connectivity index is 1.41. The molecule has 1 heterocycles. The highest BCUT2D eigenvalue weighted by Crippen LogP contribution is 2.54. The molecule has 128 valence electrons. The van der Waals surface area contributed by atoms with Crippen LogP contribution in [-0.2, 0) is 25.5 Å². The molecule has 1 aromatic carbocycles. The SMILES string of the molecule is CC1=C[C@H](O/C=C2/C(=O)C[C@@H]3c4c(cccc4C4CC4)C[C@H]23)OC1=O. The number of esters is 1. The van der Waals surface area contributed by atoms with Crippen molar-refractivity contribution in [2.75, 3.05) is 0 Å². The number of carbonyl (C=O) groups is 2. The Kier molecular flexibility index (Phi) is 3.18. The van der Waals surface area contributed by atoms with E-state index in [1.807, 2.05) is 0 Å². The largest absolute Gasteiger partial charge is 0.458 e. The minimum absolute atomic E-state index is 0.163. The maximum atomic E-state index is 12.6. The molecule has 1 aliphatic heterocycles. The molecule has 5 rings (SSSR count). The van der Waals surface area contributed by atoms with E-state index in [1.54, 1.807) is 19.3 Å². The predicted octanol–water partition coefficient (Wildman–Crippen LogP) is 3.52. The van der Waals surface area contributed by atoms with Crippen molar-refractivity contribution in [3.8, 4) is 0 Å². The number of ether oxygens (including phenoxy) is 2. The number of Topliss-reactive ketones (excluding diaryl/α,β-unsaturated/α-hetero) is 1. The molecule has 4 heteroatoms. The minimum atomic E-state index is -0.711. The van der Waals surface area contributed by atoms with Crippen LogP contribution in [0.3, 0.4) is 0 Å². The van der Waals surface area contributed by atoms with Gasteiger partial charge in [-0.3, -0.25) is 4.79 Å². The third-order valence-corrected chi connectivity index (χ3v) is 5.93. The van der Waals surface area contributed by atoms with Crippen molar-refractivity contribution < 1.29 is 19.1 Å². The lowest BCUT2D eigenvalue weighted by Crippen LogP contribution is -2.11. The summed E-state index contributed by atoms with van der Waals surface area (Å²) in [5.74, 6) is 0.985. The lowest BCUT2D eigenvalue weighted by atomic mass is 9.90. The third-order valence-electron chi connectivity index (χ3n) is 5.93. The van der Waals surface area contributed by atoms with E-state index in [9.17, 15) is 9.59 Å². The number of carbonyl (C=O) groups excluding carboxylic acids is 2. The fourth-order valence-corrected chi connectivity index (χ4v) is 4.55. The van der Waals surface area contributed by atoms with Gasteiger partial charge in [0, 0.05) is 29.6 Å². The average molecular weight is 336 g/mol. The van der Waals surface area contributed by atoms with E-state index in [1.165, 1.54) is 29.5 Å². The molecule has 25 heavy (non-hydrogen) atoms. The van der Waals surface area contributed by atoms with Crippen LogP contribution in [0.15, 0.2) is 41.7 Å². The van der Waals surface area contributed by atoms with Crippen molar-refractivity contribution in [2.45, 2.75) is 50.7 Å². The summed E-state index contributed by atoms with van der Waals surface area (Å²) in [6.07, 6.45) is 6.49. The van der Waals surface area contributed by atoms with Gasteiger partial charge in [0.25, 0.3) is 6.29 Å². The molecule has 2 saturated carbocycles. The topological polar surface area (TPSA) is 52.6 Å². The number of cyclic esters (lactones) is 1. The zero-order valence-electron chi connectivity index (χ0n) is 14.2. The maximum absolute atomic E-state index is 12.6. The van der Waals surface area contributed by atoms with Crippen molar-refractivity contribution >= 4 is 11.8 Å². The van der Waals surface area contributed by atoms with E-state index in [0.717, 1.165) is 12.0 Å². The standard InChI is InChI=1S/C21H20O4/c1-11-7-19(25-21(11)23)24-10-17-15-8-13-3-2-4-14(12-5-6-12)20(13)16(15)9-18(17)22/h2-4,7,10,12,15-16,19H,5-6,8-9H2,1H3/b17-10+/t15-,16-,19+/m0/s1. The van der Waals surface area contributed by atoms with Crippen molar-refractivity contribution in [1.29, 1.82) is 0 Å². The molecule has 3 atom stereocenters. The summed E-state index contributed by atoms with van der Waals surface area (Å²) in [5.41, 5.74) is 5.57. The van der Waals surface area contributed by atoms with Gasteiger partial charge >= 0.3 is 5.97 Å². The molecule has 0 spiro atoms. The summed E-state index contributed by atoms with van der Waals surface area (Å²) < 4.78 is 10.7. The highest BCUT2D eigenvalue weighted by molar-refractivity contribution is 5.99. The van der Waals surface area contributed by atoms with Crippen LogP contribution in [0.2, 0.25) is 0 Å². The first-order valence-electron chi connectivity index (χ1n) is 9.01.